The summed E-state index contributed by atoms with van der Waals surface area (Å²) in [5.74, 6) is 1.74. The molecule has 2 aliphatic carbocycles. The average Bonchev–Trinajstić information content (AvgIpc) is 3.26. The summed E-state index contributed by atoms with van der Waals surface area (Å²) in [4.78, 5) is 2.59. The summed E-state index contributed by atoms with van der Waals surface area (Å²) in [6, 6.07) is 9.60. The summed E-state index contributed by atoms with van der Waals surface area (Å²) < 4.78 is 0. The molecule has 0 aliphatic heterocycles. The highest BCUT2D eigenvalue weighted by Gasteiger charge is 2.27. The van der Waals surface area contributed by atoms with Gasteiger partial charge in [0, 0.05) is 19.1 Å². The number of nitrogens with zero attached hydrogens (tertiary/aromatic N) is 1. The Morgan fingerprint density at radius 2 is 2.05 bits per heavy atom. The first-order valence-corrected chi connectivity index (χ1v) is 8.35. The Hall–Kier alpha value is -0.860. The van der Waals surface area contributed by atoms with Gasteiger partial charge in [-0.05, 0) is 55.2 Å². The van der Waals surface area contributed by atoms with E-state index < -0.39 is 0 Å². The van der Waals surface area contributed by atoms with Crippen molar-refractivity contribution < 1.29 is 0 Å². The van der Waals surface area contributed by atoms with Crippen LogP contribution in [-0.4, -0.2) is 24.5 Å². The summed E-state index contributed by atoms with van der Waals surface area (Å²) in [7, 11) is 0. The third kappa shape index (κ3) is 3.07. The van der Waals surface area contributed by atoms with Gasteiger partial charge < -0.3 is 5.73 Å². The predicted molar refractivity (Wildman–Crippen MR) is 84.8 cm³/mol. The van der Waals surface area contributed by atoms with Crippen LogP contribution in [-0.2, 0) is 0 Å². The van der Waals surface area contributed by atoms with E-state index in [0.717, 1.165) is 24.9 Å². The molecule has 0 bridgehead atoms. The minimum atomic E-state index is 0.402. The van der Waals surface area contributed by atoms with Crippen molar-refractivity contribution in [2.45, 2.75) is 51.0 Å². The molecule has 110 valence electrons. The van der Waals surface area contributed by atoms with Gasteiger partial charge in [0.15, 0.2) is 0 Å². The maximum Gasteiger partial charge on any atom is 0.0470 e. The van der Waals surface area contributed by atoms with Crippen molar-refractivity contribution in [1.29, 1.82) is 0 Å². The van der Waals surface area contributed by atoms with Crippen LogP contribution in [0.5, 0.6) is 0 Å². The smallest absolute Gasteiger partial charge is 0.0470 e. The van der Waals surface area contributed by atoms with Crippen LogP contribution in [0.15, 0.2) is 24.3 Å². The molecule has 2 saturated carbocycles. The van der Waals surface area contributed by atoms with Crippen molar-refractivity contribution in [2.75, 3.05) is 19.6 Å². The Balaban J connectivity index is 1.74. The van der Waals surface area contributed by atoms with Gasteiger partial charge in [-0.2, -0.15) is 0 Å². The van der Waals surface area contributed by atoms with E-state index >= 15 is 0 Å². The van der Waals surface area contributed by atoms with Crippen molar-refractivity contribution >= 4 is 0 Å². The Kier molecular flexibility index (Phi) is 4.42. The molecule has 0 saturated heterocycles. The number of hydrogen-bond donors (Lipinski definition) is 1. The van der Waals surface area contributed by atoms with Gasteiger partial charge in [-0.15, -0.1) is 0 Å². The Bertz CT molecular complexity index is 435. The Morgan fingerprint density at radius 1 is 1.25 bits per heavy atom. The van der Waals surface area contributed by atoms with Crippen molar-refractivity contribution in [1.82, 2.24) is 4.90 Å². The normalized spacial score (nSPS) is 20.9. The SMILES string of the molecule is CCN(CC1CCC1)C(CN)c1cccc(C2CC2)c1. The van der Waals surface area contributed by atoms with Gasteiger partial charge in [0.25, 0.3) is 0 Å². The molecule has 2 fully saturated rings. The molecule has 0 amide bonds. The van der Waals surface area contributed by atoms with Crippen LogP contribution in [0.25, 0.3) is 0 Å². The number of likely N-dealkylation sites (N-methyl/N-ethyl adjacent to an activating group) is 1. The van der Waals surface area contributed by atoms with Gasteiger partial charge in [-0.25, -0.2) is 0 Å². The van der Waals surface area contributed by atoms with Crippen LogP contribution in [0.4, 0.5) is 0 Å². The van der Waals surface area contributed by atoms with Gasteiger partial charge >= 0.3 is 0 Å². The third-order valence-corrected chi connectivity index (χ3v) is 5.13. The Labute approximate surface area is 123 Å². The minimum absolute atomic E-state index is 0.402. The average molecular weight is 272 g/mol. The molecule has 2 nitrogen and oxygen atoms in total. The zero-order valence-electron chi connectivity index (χ0n) is 12.7. The number of nitrogens with two attached hydrogens (primary N) is 1. The van der Waals surface area contributed by atoms with Gasteiger partial charge in [0.2, 0.25) is 0 Å². The van der Waals surface area contributed by atoms with Crippen LogP contribution < -0.4 is 5.73 Å². The molecule has 0 spiro atoms. The highest BCUT2D eigenvalue weighted by Crippen LogP contribution is 2.41. The second-order valence-corrected chi connectivity index (χ2v) is 6.58. The van der Waals surface area contributed by atoms with E-state index in [1.165, 1.54) is 49.8 Å². The lowest BCUT2D eigenvalue weighted by Crippen LogP contribution is -2.38. The fourth-order valence-electron chi connectivity index (χ4n) is 3.42. The van der Waals surface area contributed by atoms with Crippen LogP contribution in [0.1, 0.15) is 62.1 Å². The largest absolute Gasteiger partial charge is 0.329 e. The van der Waals surface area contributed by atoms with Gasteiger partial charge in [-0.3, -0.25) is 4.90 Å². The fraction of sp³-hybridized carbons (Fsp3) is 0.667. The van der Waals surface area contributed by atoms with Crippen molar-refractivity contribution in [3.8, 4) is 0 Å². The maximum atomic E-state index is 6.12. The summed E-state index contributed by atoms with van der Waals surface area (Å²) in [6.45, 7) is 5.33. The summed E-state index contributed by atoms with van der Waals surface area (Å²) in [5, 5.41) is 0. The first kappa shape index (κ1) is 14.1. The standard InChI is InChI=1S/C18H28N2/c1-2-20(13-14-5-3-6-14)18(12-19)17-8-4-7-16(11-17)15-9-10-15/h4,7-8,11,14-15,18H,2-3,5-6,9-10,12-13,19H2,1H3. The van der Waals surface area contributed by atoms with Crippen LogP contribution in [0, 0.1) is 5.92 Å². The van der Waals surface area contributed by atoms with Gasteiger partial charge in [0.05, 0.1) is 0 Å². The molecule has 0 aromatic heterocycles. The molecule has 2 aliphatic rings. The van der Waals surface area contributed by atoms with Gasteiger partial charge in [-0.1, -0.05) is 37.6 Å². The molecular weight excluding hydrogens is 244 g/mol. The molecule has 1 aromatic rings. The highest BCUT2D eigenvalue weighted by molar-refractivity contribution is 5.31. The number of hydrogen-bond acceptors (Lipinski definition) is 2. The molecule has 1 unspecified atom stereocenters. The molecule has 1 atom stereocenters. The maximum absolute atomic E-state index is 6.12. The molecule has 1 aromatic carbocycles. The fourth-order valence-corrected chi connectivity index (χ4v) is 3.42. The minimum Gasteiger partial charge on any atom is -0.329 e. The lowest BCUT2D eigenvalue weighted by Gasteiger charge is -2.36. The number of rotatable bonds is 7. The van der Waals surface area contributed by atoms with E-state index in [-0.39, 0.29) is 0 Å². The molecular formula is C18H28N2. The van der Waals surface area contributed by atoms with Crippen LogP contribution in [0.2, 0.25) is 0 Å². The predicted octanol–water partition coefficient (Wildman–Crippen LogP) is 3.69. The van der Waals surface area contributed by atoms with E-state index in [0.29, 0.717) is 6.04 Å². The van der Waals surface area contributed by atoms with Crippen molar-refractivity contribution in [3.05, 3.63) is 35.4 Å². The van der Waals surface area contributed by atoms with Crippen LogP contribution in [0.3, 0.4) is 0 Å². The van der Waals surface area contributed by atoms with Crippen molar-refractivity contribution in [2.24, 2.45) is 11.7 Å². The first-order chi connectivity index (χ1) is 9.81. The molecule has 2 N–H and O–H groups in total. The van der Waals surface area contributed by atoms with E-state index in [1.54, 1.807) is 0 Å². The topological polar surface area (TPSA) is 29.3 Å². The van der Waals surface area contributed by atoms with Gasteiger partial charge in [0.1, 0.15) is 0 Å². The lowest BCUT2D eigenvalue weighted by atomic mass is 9.84. The third-order valence-electron chi connectivity index (χ3n) is 5.13. The Morgan fingerprint density at radius 3 is 2.60 bits per heavy atom. The molecule has 0 radical (unpaired) electrons. The zero-order valence-corrected chi connectivity index (χ0v) is 12.7. The summed E-state index contributed by atoms with van der Waals surface area (Å²) in [6.07, 6.45) is 6.99. The lowest BCUT2D eigenvalue weighted by molar-refractivity contribution is 0.141. The molecule has 20 heavy (non-hydrogen) atoms. The molecule has 3 rings (SSSR count). The van der Waals surface area contributed by atoms with E-state index in [2.05, 4.69) is 36.1 Å². The second kappa shape index (κ2) is 6.28. The van der Waals surface area contributed by atoms with Crippen molar-refractivity contribution in [3.63, 3.8) is 0 Å². The highest BCUT2D eigenvalue weighted by atomic mass is 15.2. The molecule has 2 heteroatoms. The van der Waals surface area contributed by atoms with E-state index in [4.69, 9.17) is 5.73 Å². The zero-order chi connectivity index (χ0) is 13.9. The quantitative estimate of drug-likeness (QED) is 0.820. The first-order valence-electron chi connectivity index (χ1n) is 8.35. The summed E-state index contributed by atoms with van der Waals surface area (Å²) in [5.41, 5.74) is 9.07. The number of benzene rings is 1. The second-order valence-electron chi connectivity index (χ2n) is 6.58. The summed E-state index contributed by atoms with van der Waals surface area (Å²) >= 11 is 0. The monoisotopic (exact) mass is 272 g/mol. The van der Waals surface area contributed by atoms with E-state index in [1.807, 2.05) is 0 Å². The molecule has 0 heterocycles. The van der Waals surface area contributed by atoms with E-state index in [9.17, 15) is 0 Å². The van der Waals surface area contributed by atoms with Crippen LogP contribution >= 0.6 is 0 Å².